The second-order valence-electron chi connectivity index (χ2n) is 7.96. The zero-order valence-corrected chi connectivity index (χ0v) is 19.2. The Hall–Kier alpha value is -3.33. The molecule has 4 rings (SSSR count). The minimum atomic E-state index is -0.429. The maximum atomic E-state index is 12.2. The third kappa shape index (κ3) is 5.54. The number of anilines is 2. The van der Waals surface area contributed by atoms with Crippen LogP contribution in [0.3, 0.4) is 0 Å². The molecule has 0 bridgehead atoms. The zero-order valence-electron chi connectivity index (χ0n) is 19.2. The Morgan fingerprint density at radius 2 is 2.03 bits per heavy atom. The first-order chi connectivity index (χ1) is 16.2. The van der Waals surface area contributed by atoms with Crippen molar-refractivity contribution in [1.82, 2.24) is 19.9 Å². The van der Waals surface area contributed by atoms with Gasteiger partial charge in [-0.3, -0.25) is 0 Å². The molecule has 1 saturated heterocycles. The number of methoxy groups -OCH3 is 1. The van der Waals surface area contributed by atoms with Gasteiger partial charge in [0.25, 0.3) is 0 Å². The van der Waals surface area contributed by atoms with Gasteiger partial charge in [-0.05, 0) is 51.4 Å². The first kappa shape index (κ1) is 22.8. The molecule has 0 spiro atoms. The van der Waals surface area contributed by atoms with Crippen LogP contribution < -0.4 is 14.8 Å². The third-order valence-corrected chi connectivity index (χ3v) is 5.73. The van der Waals surface area contributed by atoms with E-state index in [-0.39, 0.29) is 0 Å². The van der Waals surface area contributed by atoms with E-state index in [2.05, 4.69) is 25.2 Å². The number of aromatic nitrogens is 3. The molecule has 0 aliphatic carbocycles. The third-order valence-electron chi connectivity index (χ3n) is 5.73. The van der Waals surface area contributed by atoms with Crippen LogP contribution in [0.1, 0.15) is 43.1 Å². The molecule has 9 nitrogen and oxygen atoms in total. The predicted molar refractivity (Wildman–Crippen MR) is 127 cm³/mol. The van der Waals surface area contributed by atoms with Crippen molar-refractivity contribution in [1.29, 1.82) is 0 Å². The fourth-order valence-corrected chi connectivity index (χ4v) is 4.06. The van der Waals surface area contributed by atoms with Crippen LogP contribution in [0, 0.1) is 0 Å². The van der Waals surface area contributed by atoms with E-state index in [1.54, 1.807) is 26.3 Å². The van der Waals surface area contributed by atoms with Crippen molar-refractivity contribution in [2.75, 3.05) is 45.3 Å². The number of piperidine rings is 1. The highest BCUT2D eigenvalue weighted by Crippen LogP contribution is 2.35. The highest BCUT2D eigenvalue weighted by atomic mass is 16.5. The number of H-pyrrole nitrogens is 1. The van der Waals surface area contributed by atoms with E-state index >= 15 is 0 Å². The molecule has 0 atom stereocenters. The molecule has 1 aromatic carbocycles. The van der Waals surface area contributed by atoms with Crippen LogP contribution in [0.2, 0.25) is 0 Å². The molecule has 0 saturated carbocycles. The van der Waals surface area contributed by atoms with Crippen LogP contribution in [0.4, 0.5) is 11.5 Å². The van der Waals surface area contributed by atoms with Crippen molar-refractivity contribution in [3.8, 4) is 11.5 Å². The van der Waals surface area contributed by atoms with E-state index in [4.69, 9.17) is 14.2 Å². The number of hydrogen-bond donors (Lipinski definition) is 2. The molecule has 0 unspecified atom stereocenters. The Bertz CT molecular complexity index is 1080. The number of ether oxygens (including phenoxy) is 3. The lowest BCUT2D eigenvalue weighted by molar-refractivity contribution is 0.0521. The van der Waals surface area contributed by atoms with Crippen LogP contribution in [0.15, 0.2) is 30.7 Å². The van der Waals surface area contributed by atoms with Crippen molar-refractivity contribution in [2.45, 2.75) is 32.6 Å². The molecular weight excluding hydrogens is 422 g/mol. The Morgan fingerprint density at radius 3 is 2.82 bits per heavy atom. The lowest BCUT2D eigenvalue weighted by atomic mass is 10.1. The predicted octanol–water partition coefficient (Wildman–Crippen LogP) is 4.14. The fraction of sp³-hybridized carbons (Fsp3) is 0.458. The topological polar surface area (TPSA) is 102 Å². The summed E-state index contributed by atoms with van der Waals surface area (Å²) in [6.07, 6.45) is 8.04. The number of fused-ring (bicyclic) bond motifs is 1. The summed E-state index contributed by atoms with van der Waals surface area (Å²) in [5.74, 6) is 1.39. The summed E-state index contributed by atoms with van der Waals surface area (Å²) in [5, 5.41) is 3.96. The summed E-state index contributed by atoms with van der Waals surface area (Å²) in [7, 11) is 1.61. The summed E-state index contributed by atoms with van der Waals surface area (Å²) in [5.41, 5.74) is 1.63. The van der Waals surface area contributed by atoms with Gasteiger partial charge in [-0.15, -0.1) is 0 Å². The number of nitrogens with one attached hydrogen (secondary N) is 2. The minimum absolute atomic E-state index is 0.297. The summed E-state index contributed by atoms with van der Waals surface area (Å²) >= 11 is 0. The van der Waals surface area contributed by atoms with Crippen molar-refractivity contribution in [3.05, 3.63) is 36.4 Å². The molecule has 9 heteroatoms. The number of nitrogens with zero attached hydrogens (tertiary/aromatic N) is 3. The number of benzene rings is 1. The SMILES string of the molecule is CCOC(=O)c1[nH]ccc1Nc1ncnc2cc(OCCCN3CCCCC3)c(OC)cc12. The minimum Gasteiger partial charge on any atom is -0.493 e. The number of rotatable bonds is 10. The molecule has 1 aliphatic rings. The van der Waals surface area contributed by atoms with E-state index in [1.807, 2.05) is 12.1 Å². The number of aromatic amines is 1. The monoisotopic (exact) mass is 453 g/mol. The summed E-state index contributed by atoms with van der Waals surface area (Å²) in [6, 6.07) is 5.48. The van der Waals surface area contributed by atoms with E-state index in [1.165, 1.54) is 38.7 Å². The number of carbonyl (C=O) groups excluding carboxylic acids is 1. The Labute approximate surface area is 193 Å². The lowest BCUT2D eigenvalue weighted by Gasteiger charge is -2.26. The molecule has 2 aromatic heterocycles. The molecule has 33 heavy (non-hydrogen) atoms. The molecule has 1 fully saturated rings. The maximum absolute atomic E-state index is 12.2. The lowest BCUT2D eigenvalue weighted by Crippen LogP contribution is -2.31. The first-order valence-corrected chi connectivity index (χ1v) is 11.5. The molecule has 2 N–H and O–H groups in total. The number of esters is 1. The smallest absolute Gasteiger partial charge is 0.356 e. The molecular formula is C24H31N5O4. The number of hydrogen-bond acceptors (Lipinski definition) is 8. The van der Waals surface area contributed by atoms with Crippen LogP contribution in [-0.4, -0.2) is 65.8 Å². The van der Waals surface area contributed by atoms with Crippen molar-refractivity contribution < 1.29 is 19.0 Å². The molecule has 0 amide bonds. The number of carbonyl (C=O) groups is 1. The van der Waals surface area contributed by atoms with Crippen LogP contribution in [-0.2, 0) is 4.74 Å². The Kier molecular flexibility index (Phi) is 7.62. The quantitative estimate of drug-likeness (QED) is 0.349. The Morgan fingerprint density at radius 1 is 1.18 bits per heavy atom. The highest BCUT2D eigenvalue weighted by molar-refractivity contribution is 5.98. The van der Waals surface area contributed by atoms with Gasteiger partial charge in [0.15, 0.2) is 11.5 Å². The molecule has 1 aliphatic heterocycles. The second kappa shape index (κ2) is 11.0. The van der Waals surface area contributed by atoms with Crippen molar-refractivity contribution in [3.63, 3.8) is 0 Å². The van der Waals surface area contributed by atoms with Gasteiger partial charge in [-0.2, -0.15) is 0 Å². The average Bonchev–Trinajstić information content (AvgIpc) is 3.30. The summed E-state index contributed by atoms with van der Waals surface area (Å²) in [6.45, 7) is 6.10. The summed E-state index contributed by atoms with van der Waals surface area (Å²) < 4.78 is 16.7. The summed E-state index contributed by atoms with van der Waals surface area (Å²) in [4.78, 5) is 26.4. The van der Waals surface area contributed by atoms with Gasteiger partial charge in [0.05, 0.1) is 31.5 Å². The normalized spacial score (nSPS) is 14.2. The van der Waals surface area contributed by atoms with Crippen molar-refractivity contribution >= 4 is 28.4 Å². The molecule has 3 aromatic rings. The van der Waals surface area contributed by atoms with Crippen LogP contribution in [0.5, 0.6) is 11.5 Å². The largest absolute Gasteiger partial charge is 0.493 e. The molecule has 0 radical (unpaired) electrons. The number of likely N-dealkylation sites (tertiary alicyclic amines) is 1. The first-order valence-electron chi connectivity index (χ1n) is 11.5. The second-order valence-corrected chi connectivity index (χ2v) is 7.96. The van der Waals surface area contributed by atoms with E-state index in [0.717, 1.165) is 18.4 Å². The fourth-order valence-electron chi connectivity index (χ4n) is 4.06. The van der Waals surface area contributed by atoms with Gasteiger partial charge >= 0.3 is 5.97 Å². The molecule has 176 valence electrons. The van der Waals surface area contributed by atoms with Gasteiger partial charge in [0.2, 0.25) is 0 Å². The van der Waals surface area contributed by atoms with Crippen LogP contribution in [0.25, 0.3) is 10.9 Å². The van der Waals surface area contributed by atoms with Gasteiger partial charge < -0.3 is 29.4 Å². The van der Waals surface area contributed by atoms with Gasteiger partial charge in [0, 0.05) is 24.2 Å². The van der Waals surface area contributed by atoms with Crippen molar-refractivity contribution in [2.24, 2.45) is 0 Å². The molecule has 3 heterocycles. The Balaban J connectivity index is 1.49. The average molecular weight is 454 g/mol. The van der Waals surface area contributed by atoms with E-state index < -0.39 is 5.97 Å². The highest BCUT2D eigenvalue weighted by Gasteiger charge is 2.17. The standard InChI is InChI=1S/C24H31N5O4/c1-3-32-24(30)22-18(8-9-25-22)28-23-17-14-20(31-2)21(15-19(17)26-16-27-23)33-13-7-12-29-10-5-4-6-11-29/h8-9,14-16,25H,3-7,10-13H2,1-2H3,(H,26,27,28). The van der Waals surface area contributed by atoms with Crippen LogP contribution >= 0.6 is 0 Å². The van der Waals surface area contributed by atoms with Gasteiger partial charge in [0.1, 0.15) is 17.8 Å². The zero-order chi connectivity index (χ0) is 23.0. The van der Waals surface area contributed by atoms with Gasteiger partial charge in [-0.1, -0.05) is 6.42 Å². The maximum Gasteiger partial charge on any atom is 0.356 e. The van der Waals surface area contributed by atoms with E-state index in [0.29, 0.717) is 47.4 Å². The van der Waals surface area contributed by atoms with E-state index in [9.17, 15) is 4.79 Å². The van der Waals surface area contributed by atoms with Gasteiger partial charge in [-0.25, -0.2) is 14.8 Å².